The summed E-state index contributed by atoms with van der Waals surface area (Å²) in [6.07, 6.45) is 9.81. The number of aliphatic hydroxyl groups is 4. The van der Waals surface area contributed by atoms with Crippen molar-refractivity contribution in [1.29, 1.82) is 0 Å². The maximum absolute atomic E-state index is 14.7. The smallest absolute Gasteiger partial charge is 0.410 e. The highest BCUT2D eigenvalue weighted by Gasteiger charge is 2.53. The van der Waals surface area contributed by atoms with Crippen molar-refractivity contribution in [3.05, 3.63) is 83.5 Å². The first-order valence-corrected chi connectivity index (χ1v) is 29.4. The molecule has 0 spiro atoms. The number of rotatable bonds is 14. The molecule has 2 bridgehead atoms. The van der Waals surface area contributed by atoms with Gasteiger partial charge in [-0.1, -0.05) is 101 Å². The Morgan fingerprint density at radius 1 is 0.852 bits per heavy atom. The molecule has 0 radical (unpaired) electrons. The van der Waals surface area contributed by atoms with Gasteiger partial charge >= 0.3 is 12.1 Å². The molecular formula is C63H94N2O16. The van der Waals surface area contributed by atoms with Crippen molar-refractivity contribution < 1.29 is 77.6 Å². The van der Waals surface area contributed by atoms with E-state index in [-0.39, 0.29) is 75.5 Å². The highest BCUT2D eigenvalue weighted by Crippen LogP contribution is 2.38. The highest BCUT2D eigenvalue weighted by molar-refractivity contribution is 6.39. The molecule has 1 saturated carbocycles. The van der Waals surface area contributed by atoms with Crippen LogP contribution in [0.2, 0.25) is 0 Å². The van der Waals surface area contributed by atoms with Gasteiger partial charge in [0.1, 0.15) is 36.2 Å². The number of ether oxygens (including phenoxy) is 6. The van der Waals surface area contributed by atoms with E-state index in [0.29, 0.717) is 76.4 Å². The zero-order chi connectivity index (χ0) is 59.4. The van der Waals surface area contributed by atoms with Gasteiger partial charge in [0, 0.05) is 64.4 Å². The average Bonchev–Trinajstić information content (AvgIpc) is 3.46. The Morgan fingerprint density at radius 2 is 1.57 bits per heavy atom. The zero-order valence-corrected chi connectivity index (χ0v) is 49.5. The molecular weight excluding hydrogens is 1040 g/mol. The van der Waals surface area contributed by atoms with Crippen LogP contribution in [0.3, 0.4) is 0 Å². The van der Waals surface area contributed by atoms with Gasteiger partial charge in [0.25, 0.3) is 11.7 Å². The number of benzene rings is 1. The Labute approximate surface area is 480 Å². The minimum Gasteiger partial charge on any atom is -0.460 e. The van der Waals surface area contributed by atoms with Crippen molar-refractivity contribution in [2.24, 2.45) is 35.5 Å². The van der Waals surface area contributed by atoms with Crippen LogP contribution in [0, 0.1) is 35.5 Å². The summed E-state index contributed by atoms with van der Waals surface area (Å²) in [5.41, 5.74) is 2.32. The second-order valence-corrected chi connectivity index (χ2v) is 23.3. The second kappa shape index (κ2) is 32.8. The van der Waals surface area contributed by atoms with Crippen LogP contribution in [0.4, 0.5) is 4.79 Å². The maximum atomic E-state index is 14.7. The predicted octanol–water partition coefficient (Wildman–Crippen LogP) is 7.22. The van der Waals surface area contributed by atoms with Crippen molar-refractivity contribution in [2.75, 3.05) is 53.7 Å². The molecule has 5 rings (SSSR count). The number of carbonyl (C=O) groups is 6. The number of esters is 1. The lowest BCUT2D eigenvalue weighted by Gasteiger charge is -2.43. The minimum atomic E-state index is -2.50. The minimum absolute atomic E-state index is 0.00976. The number of cyclic esters (lactones) is 1. The van der Waals surface area contributed by atoms with Crippen LogP contribution in [-0.4, -0.2) is 174 Å². The molecule has 452 valence electrons. The quantitative estimate of drug-likeness (QED) is 0.0816. The molecule has 4 N–H and O–H groups in total. The predicted molar refractivity (Wildman–Crippen MR) is 304 cm³/mol. The van der Waals surface area contributed by atoms with E-state index < -0.39 is 102 Å². The fraction of sp³-hybridized carbons (Fsp3) is 0.683. The molecule has 3 fully saturated rings. The maximum Gasteiger partial charge on any atom is 0.410 e. The molecule has 18 heteroatoms. The summed E-state index contributed by atoms with van der Waals surface area (Å²) in [6.45, 7) is 12.4. The number of fused-ring (bicyclic) bond motifs is 3. The van der Waals surface area contributed by atoms with Gasteiger partial charge in [-0.2, -0.15) is 0 Å². The van der Waals surface area contributed by atoms with Gasteiger partial charge in [-0.3, -0.25) is 19.2 Å². The molecule has 1 aliphatic carbocycles. The summed E-state index contributed by atoms with van der Waals surface area (Å²) in [7, 11) is 2.89. The molecule has 1 aromatic rings. The Hall–Kier alpha value is -4.92. The van der Waals surface area contributed by atoms with Crippen molar-refractivity contribution in [3.8, 4) is 0 Å². The molecule has 3 aliphatic heterocycles. The molecule has 3 heterocycles. The molecule has 15 atom stereocenters. The number of Topliss-reactive ketones (excluding diaryl/α,β-unsaturated/α-hetero) is 3. The first-order valence-electron chi connectivity index (χ1n) is 29.4. The third kappa shape index (κ3) is 19.1. The van der Waals surface area contributed by atoms with Crippen LogP contribution < -0.4 is 0 Å². The zero-order valence-electron chi connectivity index (χ0n) is 49.5. The van der Waals surface area contributed by atoms with Crippen molar-refractivity contribution in [3.63, 3.8) is 0 Å². The Morgan fingerprint density at radius 3 is 2.25 bits per heavy atom. The molecule has 2 unspecified atom stereocenters. The van der Waals surface area contributed by atoms with Crippen LogP contribution in [0.25, 0.3) is 0 Å². The molecule has 0 aromatic heterocycles. The third-order valence-corrected chi connectivity index (χ3v) is 17.0. The molecule has 18 nitrogen and oxygen atoms in total. The van der Waals surface area contributed by atoms with Gasteiger partial charge in [0.05, 0.1) is 38.1 Å². The van der Waals surface area contributed by atoms with E-state index in [1.165, 1.54) is 24.0 Å². The van der Waals surface area contributed by atoms with E-state index in [2.05, 4.69) is 0 Å². The number of carbonyl (C=O) groups excluding carboxylic acids is 6. The lowest BCUT2D eigenvalue weighted by molar-refractivity contribution is -0.266. The Bertz CT molecular complexity index is 2330. The molecule has 1 aromatic carbocycles. The van der Waals surface area contributed by atoms with Crippen molar-refractivity contribution >= 4 is 35.3 Å². The highest BCUT2D eigenvalue weighted by atomic mass is 16.6. The fourth-order valence-corrected chi connectivity index (χ4v) is 11.9. The average molecular weight is 1140 g/mol. The number of methoxy groups -OCH3 is 2. The van der Waals surface area contributed by atoms with Gasteiger partial charge in [-0.25, -0.2) is 9.59 Å². The summed E-state index contributed by atoms with van der Waals surface area (Å²) in [4.78, 5) is 87.6. The first-order chi connectivity index (χ1) is 38.6. The van der Waals surface area contributed by atoms with Gasteiger partial charge in [-0.05, 0) is 119 Å². The Balaban J connectivity index is 1.46. The Kier molecular flexibility index (Phi) is 27.1. The summed E-state index contributed by atoms with van der Waals surface area (Å²) < 4.78 is 36.5. The largest absolute Gasteiger partial charge is 0.460 e. The number of aliphatic hydroxyl groups excluding tert-OH is 3. The molecule has 4 aliphatic rings. The van der Waals surface area contributed by atoms with Crippen molar-refractivity contribution in [2.45, 2.75) is 186 Å². The number of nitrogens with zero attached hydrogens (tertiary/aromatic N) is 2. The van der Waals surface area contributed by atoms with Crippen LogP contribution in [0.15, 0.2) is 77.9 Å². The van der Waals surface area contributed by atoms with Gasteiger partial charge in [0.15, 0.2) is 5.78 Å². The van der Waals surface area contributed by atoms with Crippen LogP contribution in [0.5, 0.6) is 0 Å². The number of hydrogen-bond donors (Lipinski definition) is 4. The summed E-state index contributed by atoms with van der Waals surface area (Å²) in [5.74, 6) is -8.70. The SMILES string of the molecule is CO[C@@H]1C[C@H](C[C@@H](C)[C@@H]2CC(=O)[C@H](C)/C=C(\C)[C@@H](O)[C@@H](OC)C(=O)[C@H](C)C[C@H](C)/C=C/C=C/C=C(\C)C(OCCc3ccccc3)C[C@@H]3CC[C@@H](C)[C@@](O)(O3)C(=O)C(=O)N3CCCCC3C(=O)O2)CC[C@H]1OC(=O)N(CCO)CCO. The number of amides is 2. The number of ketones is 3. The number of piperidine rings is 1. The van der Waals surface area contributed by atoms with Gasteiger partial charge in [0.2, 0.25) is 5.79 Å². The molecule has 2 saturated heterocycles. The van der Waals surface area contributed by atoms with E-state index >= 15 is 0 Å². The van der Waals surface area contributed by atoms with E-state index in [0.717, 1.165) is 11.1 Å². The third-order valence-electron chi connectivity index (χ3n) is 17.0. The van der Waals surface area contributed by atoms with Crippen LogP contribution >= 0.6 is 0 Å². The van der Waals surface area contributed by atoms with E-state index in [1.54, 1.807) is 33.8 Å². The monoisotopic (exact) mass is 1130 g/mol. The normalized spacial score (nSPS) is 34.6. The van der Waals surface area contributed by atoms with Crippen LogP contribution in [0.1, 0.15) is 131 Å². The molecule has 2 amide bonds. The van der Waals surface area contributed by atoms with E-state index in [4.69, 9.17) is 28.4 Å². The lowest BCUT2D eigenvalue weighted by Crippen LogP contribution is -2.61. The molecule has 81 heavy (non-hydrogen) atoms. The number of allylic oxidation sites excluding steroid dienone is 6. The topological polar surface area (TPSA) is 245 Å². The van der Waals surface area contributed by atoms with Gasteiger partial charge < -0.3 is 58.6 Å². The summed E-state index contributed by atoms with van der Waals surface area (Å²) in [5, 5.41) is 42.8. The number of hydrogen-bond acceptors (Lipinski definition) is 16. The first kappa shape index (κ1) is 66.9. The summed E-state index contributed by atoms with van der Waals surface area (Å²) >= 11 is 0. The van der Waals surface area contributed by atoms with Crippen LogP contribution in [-0.2, 0) is 58.8 Å². The van der Waals surface area contributed by atoms with E-state index in [1.807, 2.05) is 81.5 Å². The fourth-order valence-electron chi connectivity index (χ4n) is 11.9. The van der Waals surface area contributed by atoms with E-state index in [9.17, 15) is 49.2 Å². The lowest BCUT2D eigenvalue weighted by atomic mass is 9.78. The standard InChI is InChI=1S/C63H94N2O16/c1-40-18-12-10-13-19-41(2)53(78-33-27-47-20-14-11-15-21-47)38-49-25-23-46(7)63(75,81-49)59(71)60(72)65-28-17-16-22-50(65)61(73)79-54(39-51(68)42(3)35-45(6)57(70)58(77-9)56(69)44(5)34-40)43(4)36-48-24-26-52(55(37-48)76-8)80-62(74)64(29-31-66)30-32-67/h10-15,18-21,35,40,42-44,46,48-50,52-55,57-58,66-67,70,75H,16-17,22-34,36-39H2,1-9H3/b13-10+,18-12+,41-19+,45-35+/t40-,42-,43-,44-,46-,48+,49+,50?,52-,53?,54+,55-,57-,58+,63-/m1/s1. The van der Waals surface area contributed by atoms with Gasteiger partial charge in [-0.15, -0.1) is 0 Å². The summed E-state index contributed by atoms with van der Waals surface area (Å²) in [6, 6.07) is 8.73. The second-order valence-electron chi connectivity index (χ2n) is 23.3. The van der Waals surface area contributed by atoms with Crippen molar-refractivity contribution in [1.82, 2.24) is 9.80 Å².